The van der Waals surface area contributed by atoms with Crippen LogP contribution < -0.4 is 5.73 Å². The van der Waals surface area contributed by atoms with Gasteiger partial charge in [0.05, 0.1) is 6.61 Å². The molecular weight excluding hydrogens is 210 g/mol. The molecular formula is C10H19N3OS. The molecule has 0 aliphatic carbocycles. The lowest BCUT2D eigenvalue weighted by Gasteiger charge is -2.25. The SMILES string of the molecule is COCCN(Cc1cnc(N)s1)C(C)C. The van der Waals surface area contributed by atoms with Gasteiger partial charge in [0, 0.05) is 37.3 Å². The predicted molar refractivity (Wildman–Crippen MR) is 63.9 cm³/mol. The van der Waals surface area contributed by atoms with E-state index >= 15 is 0 Å². The van der Waals surface area contributed by atoms with Gasteiger partial charge >= 0.3 is 0 Å². The van der Waals surface area contributed by atoms with Gasteiger partial charge in [-0.3, -0.25) is 4.90 Å². The average Bonchev–Trinajstić information content (AvgIpc) is 2.58. The van der Waals surface area contributed by atoms with Crippen LogP contribution in [0.1, 0.15) is 18.7 Å². The highest BCUT2D eigenvalue weighted by Crippen LogP contribution is 2.17. The lowest BCUT2D eigenvalue weighted by Crippen LogP contribution is -2.32. The van der Waals surface area contributed by atoms with Crippen molar-refractivity contribution in [1.29, 1.82) is 0 Å². The summed E-state index contributed by atoms with van der Waals surface area (Å²) in [6.07, 6.45) is 1.85. The summed E-state index contributed by atoms with van der Waals surface area (Å²) in [5, 5.41) is 0.639. The smallest absolute Gasteiger partial charge is 0.180 e. The van der Waals surface area contributed by atoms with Crippen molar-refractivity contribution in [3.8, 4) is 0 Å². The number of thiazole rings is 1. The summed E-state index contributed by atoms with van der Waals surface area (Å²) >= 11 is 1.55. The monoisotopic (exact) mass is 229 g/mol. The van der Waals surface area contributed by atoms with Gasteiger partial charge in [-0.2, -0.15) is 0 Å². The Morgan fingerprint density at radius 2 is 2.33 bits per heavy atom. The van der Waals surface area contributed by atoms with Gasteiger partial charge < -0.3 is 10.5 Å². The Morgan fingerprint density at radius 3 is 2.80 bits per heavy atom. The number of nitrogens with two attached hydrogens (primary N) is 1. The Labute approximate surface area is 95.1 Å². The third kappa shape index (κ3) is 4.15. The molecule has 2 N–H and O–H groups in total. The van der Waals surface area contributed by atoms with Crippen molar-refractivity contribution in [3.05, 3.63) is 11.1 Å². The van der Waals surface area contributed by atoms with Crippen LogP contribution in [-0.2, 0) is 11.3 Å². The number of hydrogen-bond acceptors (Lipinski definition) is 5. The fourth-order valence-corrected chi connectivity index (χ4v) is 2.03. The molecule has 86 valence electrons. The highest BCUT2D eigenvalue weighted by atomic mass is 32.1. The lowest BCUT2D eigenvalue weighted by molar-refractivity contribution is 0.125. The van der Waals surface area contributed by atoms with E-state index in [9.17, 15) is 0 Å². The number of rotatable bonds is 6. The molecule has 0 saturated heterocycles. The van der Waals surface area contributed by atoms with E-state index in [0.29, 0.717) is 11.2 Å². The van der Waals surface area contributed by atoms with Crippen molar-refractivity contribution >= 4 is 16.5 Å². The maximum absolute atomic E-state index is 5.59. The van der Waals surface area contributed by atoms with Crippen LogP contribution in [0.5, 0.6) is 0 Å². The molecule has 0 unspecified atom stereocenters. The molecule has 0 saturated carbocycles. The van der Waals surface area contributed by atoms with Crippen molar-refractivity contribution < 1.29 is 4.74 Å². The van der Waals surface area contributed by atoms with Crippen LogP contribution in [0.4, 0.5) is 5.13 Å². The van der Waals surface area contributed by atoms with Gasteiger partial charge in [0.25, 0.3) is 0 Å². The minimum absolute atomic E-state index is 0.503. The molecule has 0 fully saturated rings. The van der Waals surface area contributed by atoms with Crippen LogP contribution in [0.25, 0.3) is 0 Å². The maximum Gasteiger partial charge on any atom is 0.180 e. The molecule has 4 nitrogen and oxygen atoms in total. The van der Waals surface area contributed by atoms with Gasteiger partial charge in [-0.05, 0) is 13.8 Å². The molecule has 0 aromatic carbocycles. The molecule has 1 heterocycles. The molecule has 15 heavy (non-hydrogen) atoms. The zero-order valence-corrected chi connectivity index (χ0v) is 10.4. The number of nitrogens with zero attached hydrogens (tertiary/aromatic N) is 2. The van der Waals surface area contributed by atoms with Crippen molar-refractivity contribution in [2.45, 2.75) is 26.4 Å². The standard InChI is InChI=1S/C10H19N3OS/c1-8(2)13(4-5-14-3)7-9-6-12-10(11)15-9/h6,8H,4-5,7H2,1-3H3,(H2,11,12). The van der Waals surface area contributed by atoms with Crippen LogP contribution in [0, 0.1) is 0 Å². The fraction of sp³-hybridized carbons (Fsp3) is 0.700. The first kappa shape index (κ1) is 12.4. The summed E-state index contributed by atoms with van der Waals surface area (Å²) in [5.41, 5.74) is 5.59. The molecule has 1 aromatic rings. The maximum atomic E-state index is 5.59. The van der Waals surface area contributed by atoms with Gasteiger partial charge in [0.2, 0.25) is 0 Å². The Balaban J connectivity index is 2.50. The molecule has 0 radical (unpaired) electrons. The van der Waals surface area contributed by atoms with Gasteiger partial charge in [-0.15, -0.1) is 11.3 Å². The van der Waals surface area contributed by atoms with Crippen LogP contribution in [-0.4, -0.2) is 36.2 Å². The van der Waals surface area contributed by atoms with Gasteiger partial charge in [0.15, 0.2) is 5.13 Å². The van der Waals surface area contributed by atoms with E-state index in [-0.39, 0.29) is 0 Å². The number of anilines is 1. The first-order valence-corrected chi connectivity index (χ1v) is 5.88. The molecule has 0 aliphatic rings. The van der Waals surface area contributed by atoms with Crippen LogP contribution in [0.3, 0.4) is 0 Å². The first-order chi connectivity index (χ1) is 7.13. The summed E-state index contributed by atoms with van der Waals surface area (Å²) < 4.78 is 5.09. The fourth-order valence-electron chi connectivity index (χ4n) is 1.32. The van der Waals surface area contributed by atoms with Crippen molar-refractivity contribution in [3.63, 3.8) is 0 Å². The highest BCUT2D eigenvalue weighted by molar-refractivity contribution is 7.15. The molecule has 1 rings (SSSR count). The van der Waals surface area contributed by atoms with E-state index in [0.717, 1.165) is 19.7 Å². The van der Waals surface area contributed by atoms with Crippen LogP contribution in [0.2, 0.25) is 0 Å². The third-order valence-corrected chi connectivity index (χ3v) is 3.05. The average molecular weight is 229 g/mol. The number of methoxy groups -OCH3 is 1. The highest BCUT2D eigenvalue weighted by Gasteiger charge is 2.11. The first-order valence-electron chi connectivity index (χ1n) is 5.06. The normalized spacial score (nSPS) is 11.5. The topological polar surface area (TPSA) is 51.4 Å². The van der Waals surface area contributed by atoms with Gasteiger partial charge in [-0.25, -0.2) is 4.98 Å². The zero-order chi connectivity index (χ0) is 11.3. The second-order valence-electron chi connectivity index (χ2n) is 3.72. The number of hydrogen-bond donors (Lipinski definition) is 1. The molecule has 0 atom stereocenters. The van der Waals surface area contributed by atoms with Gasteiger partial charge in [0.1, 0.15) is 0 Å². The summed E-state index contributed by atoms with van der Waals surface area (Å²) in [5.74, 6) is 0. The quantitative estimate of drug-likeness (QED) is 0.804. The van der Waals surface area contributed by atoms with Gasteiger partial charge in [-0.1, -0.05) is 0 Å². The Morgan fingerprint density at radius 1 is 1.60 bits per heavy atom. The molecule has 0 aliphatic heterocycles. The Bertz CT molecular complexity index is 288. The lowest BCUT2D eigenvalue weighted by atomic mass is 10.3. The second-order valence-corrected chi connectivity index (χ2v) is 4.87. The summed E-state index contributed by atoms with van der Waals surface area (Å²) in [4.78, 5) is 7.60. The number of ether oxygens (including phenoxy) is 1. The summed E-state index contributed by atoms with van der Waals surface area (Å²) in [6, 6.07) is 0.503. The summed E-state index contributed by atoms with van der Waals surface area (Å²) in [7, 11) is 1.73. The van der Waals surface area contributed by atoms with E-state index in [2.05, 4.69) is 23.7 Å². The minimum atomic E-state index is 0.503. The Kier molecular flexibility index (Phi) is 5.01. The minimum Gasteiger partial charge on any atom is -0.383 e. The van der Waals surface area contributed by atoms with Crippen molar-refractivity contribution in [2.75, 3.05) is 26.0 Å². The molecule has 5 heteroatoms. The van der Waals surface area contributed by atoms with Crippen molar-refractivity contribution in [2.24, 2.45) is 0 Å². The zero-order valence-electron chi connectivity index (χ0n) is 9.56. The van der Waals surface area contributed by atoms with E-state index in [4.69, 9.17) is 10.5 Å². The largest absolute Gasteiger partial charge is 0.383 e. The third-order valence-electron chi connectivity index (χ3n) is 2.24. The number of aromatic nitrogens is 1. The van der Waals surface area contributed by atoms with Crippen LogP contribution in [0.15, 0.2) is 6.20 Å². The molecule has 1 aromatic heterocycles. The predicted octanol–water partition coefficient (Wildman–Crippen LogP) is 1.58. The van der Waals surface area contributed by atoms with E-state index in [1.54, 1.807) is 18.4 Å². The number of nitrogen functional groups attached to an aromatic ring is 1. The van der Waals surface area contributed by atoms with Crippen molar-refractivity contribution in [1.82, 2.24) is 9.88 Å². The van der Waals surface area contributed by atoms with Crippen LogP contribution >= 0.6 is 11.3 Å². The Hall–Kier alpha value is -0.650. The van der Waals surface area contributed by atoms with E-state index < -0.39 is 0 Å². The molecule has 0 bridgehead atoms. The van der Waals surface area contributed by atoms with E-state index in [1.807, 2.05) is 6.20 Å². The van der Waals surface area contributed by atoms with E-state index in [1.165, 1.54) is 4.88 Å². The molecule has 0 spiro atoms. The molecule has 0 amide bonds. The second kappa shape index (κ2) is 6.05. The summed E-state index contributed by atoms with van der Waals surface area (Å²) in [6.45, 7) is 6.95.